The molecule has 7 rings (SSSR count). The maximum atomic E-state index is 10.0. The summed E-state index contributed by atoms with van der Waals surface area (Å²) in [6.07, 6.45) is 0. The van der Waals surface area contributed by atoms with Gasteiger partial charge in [-0.2, -0.15) is 21.0 Å². The van der Waals surface area contributed by atoms with E-state index in [4.69, 9.17) is 22.9 Å². The number of nitrogens with two attached hydrogens (primary N) is 4. The molecule has 232 valence electrons. The molecule has 0 unspecified atom stereocenters. The van der Waals surface area contributed by atoms with Crippen LogP contribution >= 0.6 is 68.0 Å². The Labute approximate surface area is 309 Å². The molecule has 50 heavy (non-hydrogen) atoms. The maximum absolute atomic E-state index is 10.0. The van der Waals surface area contributed by atoms with E-state index < -0.39 is 0 Å². The van der Waals surface area contributed by atoms with Crippen LogP contribution < -0.4 is 22.9 Å². The summed E-state index contributed by atoms with van der Waals surface area (Å²) in [5.74, 6) is 23.1. The highest BCUT2D eigenvalue weighted by atomic mass is 32.1. The van der Waals surface area contributed by atoms with Gasteiger partial charge in [0.1, 0.15) is 34.0 Å². The minimum absolute atomic E-state index is 0.157. The van der Waals surface area contributed by atoms with Crippen LogP contribution in [0.25, 0.3) is 39.0 Å². The Kier molecular flexibility index (Phi) is 8.30. The van der Waals surface area contributed by atoms with Gasteiger partial charge in [0.15, 0.2) is 0 Å². The number of nitriles is 4. The van der Waals surface area contributed by atoms with Gasteiger partial charge in [-0.05, 0) is 71.6 Å². The average molecular weight is 749 g/mol. The molecule has 8 nitrogen and oxygen atoms in total. The van der Waals surface area contributed by atoms with Crippen molar-refractivity contribution in [2.75, 3.05) is 22.9 Å². The third kappa shape index (κ3) is 5.31. The third-order valence-electron chi connectivity index (χ3n) is 7.17. The number of fused-ring (bicyclic) bond motifs is 16. The highest BCUT2D eigenvalue weighted by Gasteiger charge is 2.24. The van der Waals surface area contributed by atoms with Crippen molar-refractivity contribution < 1.29 is 0 Å². The van der Waals surface area contributed by atoms with Gasteiger partial charge in [-0.3, -0.25) is 0 Å². The van der Waals surface area contributed by atoms with Gasteiger partial charge >= 0.3 is 0 Å². The van der Waals surface area contributed by atoms with E-state index in [0.29, 0.717) is 61.8 Å². The fourth-order valence-corrected chi connectivity index (χ4v) is 11.4. The molecule has 14 heteroatoms. The van der Waals surface area contributed by atoms with Crippen LogP contribution in [0.3, 0.4) is 0 Å². The van der Waals surface area contributed by atoms with Gasteiger partial charge in [0.25, 0.3) is 0 Å². The van der Waals surface area contributed by atoms with Crippen LogP contribution in [-0.4, -0.2) is 0 Å². The molecule has 7 heterocycles. The van der Waals surface area contributed by atoms with Gasteiger partial charge < -0.3 is 22.9 Å². The summed E-state index contributed by atoms with van der Waals surface area (Å²) >= 11 is 7.90. The second-order valence-corrected chi connectivity index (χ2v) is 16.2. The van der Waals surface area contributed by atoms with Crippen molar-refractivity contribution in [3.8, 4) is 111 Å². The highest BCUT2D eigenvalue weighted by molar-refractivity contribution is 7.28. The van der Waals surface area contributed by atoms with Crippen molar-refractivity contribution in [2.24, 2.45) is 0 Å². The van der Waals surface area contributed by atoms with Gasteiger partial charge in [0.05, 0.1) is 74.3 Å². The number of nitrogens with zero attached hydrogens (tertiary/aromatic N) is 4. The van der Waals surface area contributed by atoms with Crippen LogP contribution in [0.1, 0.15) is 41.8 Å². The fraction of sp³-hybridized carbons (Fsp3) is 0. The fourth-order valence-electron chi connectivity index (χ4n) is 4.79. The summed E-state index contributed by atoms with van der Waals surface area (Å²) in [6.45, 7) is 0. The number of hydrogen-bond acceptors (Lipinski definition) is 14. The zero-order valence-corrected chi connectivity index (χ0v) is 29.8. The predicted octanol–water partition coefficient (Wildman–Crippen LogP) is 7.66. The lowest BCUT2D eigenvalue weighted by atomic mass is 10.1. The number of nitrogen functional groups attached to an aromatic ring is 4. The van der Waals surface area contributed by atoms with Gasteiger partial charge in [-0.25, -0.2) is 0 Å². The lowest BCUT2D eigenvalue weighted by Gasteiger charge is -1.97. The summed E-state index contributed by atoms with van der Waals surface area (Å²) in [6, 6.07) is 16.0. The minimum atomic E-state index is 0.157. The Balaban J connectivity index is 1.43. The topological polar surface area (TPSA) is 199 Å². The average Bonchev–Trinajstić information content (AvgIpc) is 3.97. The first-order valence-corrected chi connectivity index (χ1v) is 18.7. The molecule has 0 amide bonds. The molecule has 0 aromatic carbocycles. The molecule has 12 bridgehead atoms. The van der Waals surface area contributed by atoms with Crippen molar-refractivity contribution in [2.45, 2.75) is 0 Å². The molecular weight excluding hydrogens is 737 g/mol. The van der Waals surface area contributed by atoms with E-state index in [-0.39, 0.29) is 22.3 Å². The zero-order chi connectivity index (χ0) is 35.1. The van der Waals surface area contributed by atoms with Gasteiger partial charge in [-0.15, -0.1) is 68.0 Å². The smallest absolute Gasteiger partial charge is 0.104 e. The number of anilines is 4. The zero-order valence-electron chi connectivity index (χ0n) is 24.9. The first kappa shape index (κ1) is 32.2. The first-order chi connectivity index (χ1) is 24.3. The molecule has 0 saturated carbocycles. The second-order valence-electron chi connectivity index (χ2n) is 9.97. The molecule has 0 fully saturated rings. The largest absolute Gasteiger partial charge is 0.396 e. The van der Waals surface area contributed by atoms with Crippen molar-refractivity contribution in [3.63, 3.8) is 0 Å². The Morgan fingerprint density at radius 3 is 1.02 bits per heavy atom. The molecule has 0 saturated heterocycles. The van der Waals surface area contributed by atoms with Crippen molar-refractivity contribution in [3.05, 3.63) is 66.0 Å². The quantitative estimate of drug-likeness (QED) is 0.113. The molecule has 0 radical (unpaired) electrons. The van der Waals surface area contributed by atoms with Crippen LogP contribution in [0, 0.1) is 92.7 Å². The summed E-state index contributed by atoms with van der Waals surface area (Å²) in [5, 5.41) is 40.0. The van der Waals surface area contributed by atoms with Crippen molar-refractivity contribution in [1.82, 2.24) is 0 Å². The molecule has 6 aromatic rings. The molecule has 1 aliphatic rings. The number of rotatable bonds is 0. The Morgan fingerprint density at radius 1 is 0.380 bits per heavy atom. The van der Waals surface area contributed by atoms with E-state index in [1.54, 1.807) is 0 Å². The molecule has 1 aliphatic heterocycles. The van der Waals surface area contributed by atoms with E-state index in [1.807, 2.05) is 24.3 Å². The number of hydrogen-bond donors (Lipinski definition) is 4. The standard InChI is InChI=1S/C36H12N8S6/c37-13-17-19(15-39)33-25-9-10-26(45-25)34-20(16-40)18(14-38)22(48-34)6-2-4-8-24-30(42)32(44)36(50-24)28-12-11-27(46-28)35-31(43)29(41)23(49-35)7-3-1-5-21(17)47-33/h9-12H,41-44H2. The predicted molar refractivity (Wildman–Crippen MR) is 206 cm³/mol. The Hall–Kier alpha value is -6.40. The van der Waals surface area contributed by atoms with Crippen LogP contribution in [0.5, 0.6) is 0 Å². The lowest BCUT2D eigenvalue weighted by Crippen LogP contribution is -1.92. The second kappa shape index (κ2) is 12.9. The van der Waals surface area contributed by atoms with Crippen LogP contribution in [-0.2, 0) is 0 Å². The number of thiophene rings is 6. The van der Waals surface area contributed by atoms with Crippen molar-refractivity contribution >= 4 is 90.8 Å². The van der Waals surface area contributed by atoms with Crippen LogP contribution in [0.15, 0.2) is 24.3 Å². The Bertz CT molecular complexity index is 2700. The van der Waals surface area contributed by atoms with E-state index in [9.17, 15) is 21.0 Å². The highest BCUT2D eigenvalue weighted by Crippen LogP contribution is 2.49. The van der Waals surface area contributed by atoms with E-state index >= 15 is 0 Å². The third-order valence-corrected chi connectivity index (χ3v) is 14.5. The molecular formula is C36H12N8S6. The molecule has 0 atom stereocenters. The maximum Gasteiger partial charge on any atom is 0.104 e. The SMILES string of the molecule is N#Cc1c2sc(c1C#N)-c1ccc(s1)-c1sc(c(C#N)c1C#N)C#CC#Cc1sc(c(N)c1N)-c1ccc(s1)-c1sc(c(N)c1N)C#CC#C2. The Morgan fingerprint density at radius 2 is 0.680 bits per heavy atom. The lowest BCUT2D eigenvalue weighted by molar-refractivity contribution is 1.46. The first-order valence-electron chi connectivity index (χ1n) is 13.8. The molecule has 0 spiro atoms. The minimum Gasteiger partial charge on any atom is -0.396 e. The summed E-state index contributed by atoms with van der Waals surface area (Å²) in [4.78, 5) is 7.66. The monoisotopic (exact) mass is 748 g/mol. The van der Waals surface area contributed by atoms with Gasteiger partial charge in [0.2, 0.25) is 0 Å². The van der Waals surface area contributed by atoms with Gasteiger partial charge in [-0.1, -0.05) is 0 Å². The summed E-state index contributed by atoms with van der Waals surface area (Å²) in [7, 11) is 0. The van der Waals surface area contributed by atoms with Crippen LogP contribution in [0.4, 0.5) is 22.7 Å². The molecule has 8 N–H and O–H groups in total. The van der Waals surface area contributed by atoms with Gasteiger partial charge in [0, 0.05) is 19.5 Å². The van der Waals surface area contributed by atoms with E-state index in [0.717, 1.165) is 19.5 Å². The van der Waals surface area contributed by atoms with Crippen LogP contribution in [0.2, 0.25) is 0 Å². The van der Waals surface area contributed by atoms with Crippen molar-refractivity contribution in [1.29, 1.82) is 21.0 Å². The molecule has 6 aromatic heterocycles. The normalized spacial score (nSPS) is 10.6. The van der Waals surface area contributed by atoms with E-state index in [1.165, 1.54) is 68.0 Å². The summed E-state index contributed by atoms with van der Waals surface area (Å²) in [5.41, 5.74) is 27.7. The summed E-state index contributed by atoms with van der Waals surface area (Å²) < 4.78 is 0. The molecule has 0 aliphatic carbocycles. The van der Waals surface area contributed by atoms with E-state index in [2.05, 4.69) is 71.6 Å².